The third kappa shape index (κ3) is 4.97. The van der Waals surface area contributed by atoms with E-state index in [9.17, 15) is 19.2 Å². The molecule has 1 aliphatic heterocycles. The van der Waals surface area contributed by atoms with E-state index >= 15 is 0 Å². The number of piperidine rings is 1. The van der Waals surface area contributed by atoms with E-state index in [2.05, 4.69) is 0 Å². The first-order valence-corrected chi connectivity index (χ1v) is 12.3. The van der Waals surface area contributed by atoms with Crippen LogP contribution in [0.3, 0.4) is 0 Å². The Balaban J connectivity index is 1.60. The molecule has 8 heteroatoms. The zero-order chi connectivity index (χ0) is 24.2. The summed E-state index contributed by atoms with van der Waals surface area (Å²) in [6.45, 7) is 5.02. The third-order valence-electron chi connectivity index (χ3n) is 6.23. The standard InChI is InChI=1S/C26H27NO6S/c1-3-32-23(29)11-17-5-4-9-27(14-17)26(31)21(15-28)18-6-7-19-20(25-16(2)8-10-34-25)13-24(30)33-22(19)12-18/h6-8,10,12-13,15,17,21H,3-5,9,11,14H2,1-2H3/t17-,21?/m1/s1. The van der Waals surface area contributed by atoms with Crippen molar-refractivity contribution in [2.45, 2.75) is 39.0 Å². The number of likely N-dealkylation sites (tertiary alicyclic amines) is 1. The fraction of sp³-hybridized carbons (Fsp3) is 0.385. The number of aryl methyl sites for hydroxylation is 1. The van der Waals surface area contributed by atoms with Crippen molar-refractivity contribution in [3.05, 3.63) is 57.3 Å². The highest BCUT2D eigenvalue weighted by atomic mass is 32.1. The maximum atomic E-state index is 13.3. The van der Waals surface area contributed by atoms with Crippen molar-refractivity contribution < 1.29 is 23.5 Å². The monoisotopic (exact) mass is 481 g/mol. The third-order valence-corrected chi connectivity index (χ3v) is 7.28. The van der Waals surface area contributed by atoms with E-state index in [1.807, 2.05) is 18.4 Å². The van der Waals surface area contributed by atoms with Crippen LogP contribution in [0.25, 0.3) is 21.4 Å². The molecule has 1 saturated heterocycles. The van der Waals surface area contributed by atoms with Crippen molar-refractivity contribution >= 4 is 40.5 Å². The first-order chi connectivity index (χ1) is 16.4. The molecule has 1 amide bonds. The Hall–Kier alpha value is -3.26. The Morgan fingerprint density at radius 3 is 2.82 bits per heavy atom. The number of thiophene rings is 1. The van der Waals surface area contributed by atoms with Gasteiger partial charge in [0, 0.05) is 35.0 Å². The molecule has 34 heavy (non-hydrogen) atoms. The van der Waals surface area contributed by atoms with Crippen molar-refractivity contribution in [2.24, 2.45) is 5.92 Å². The van der Waals surface area contributed by atoms with Gasteiger partial charge in [-0.25, -0.2) is 4.79 Å². The summed E-state index contributed by atoms with van der Waals surface area (Å²) in [4.78, 5) is 52.1. The molecule has 1 fully saturated rings. The number of amides is 1. The number of aldehydes is 1. The topological polar surface area (TPSA) is 93.9 Å². The molecule has 0 saturated carbocycles. The van der Waals surface area contributed by atoms with E-state index in [1.165, 1.54) is 6.07 Å². The molecule has 2 aromatic heterocycles. The first kappa shape index (κ1) is 23.9. The molecule has 0 bridgehead atoms. The SMILES string of the molecule is CCOC(=O)C[C@H]1CCCN(C(=O)C(C=O)c2ccc3c(-c4sccc4C)cc(=O)oc3c2)C1. The predicted molar refractivity (Wildman–Crippen MR) is 130 cm³/mol. The second-order valence-electron chi connectivity index (χ2n) is 8.58. The highest BCUT2D eigenvalue weighted by Gasteiger charge is 2.31. The minimum Gasteiger partial charge on any atom is -0.466 e. The molecule has 3 aromatic rings. The van der Waals surface area contributed by atoms with Gasteiger partial charge in [-0.1, -0.05) is 12.1 Å². The van der Waals surface area contributed by atoms with Crippen molar-refractivity contribution in [3.8, 4) is 10.4 Å². The van der Waals surface area contributed by atoms with Crippen LogP contribution in [-0.4, -0.2) is 42.8 Å². The zero-order valence-electron chi connectivity index (χ0n) is 19.2. The molecule has 3 heterocycles. The Morgan fingerprint density at radius 1 is 1.29 bits per heavy atom. The van der Waals surface area contributed by atoms with Crippen LogP contribution in [0, 0.1) is 12.8 Å². The molecular formula is C26H27NO6S. The van der Waals surface area contributed by atoms with E-state index in [4.69, 9.17) is 9.15 Å². The van der Waals surface area contributed by atoms with E-state index in [-0.39, 0.29) is 24.2 Å². The van der Waals surface area contributed by atoms with E-state index in [0.29, 0.717) is 37.1 Å². The van der Waals surface area contributed by atoms with Crippen molar-refractivity contribution in [1.29, 1.82) is 0 Å². The summed E-state index contributed by atoms with van der Waals surface area (Å²) in [6, 6.07) is 8.61. The molecule has 1 aliphatic rings. The molecule has 4 rings (SSSR count). The highest BCUT2D eigenvalue weighted by molar-refractivity contribution is 7.13. The Labute approximate surface area is 201 Å². The average molecular weight is 482 g/mol. The number of carbonyl (C=O) groups is 3. The van der Waals surface area contributed by atoms with Gasteiger partial charge in [0.25, 0.3) is 0 Å². The molecule has 2 atom stereocenters. The lowest BCUT2D eigenvalue weighted by Gasteiger charge is -2.33. The zero-order valence-corrected chi connectivity index (χ0v) is 20.1. The maximum Gasteiger partial charge on any atom is 0.336 e. The second kappa shape index (κ2) is 10.3. The predicted octanol–water partition coefficient (Wildman–Crippen LogP) is 4.30. The molecule has 0 aliphatic carbocycles. The largest absolute Gasteiger partial charge is 0.466 e. The van der Waals surface area contributed by atoms with Crippen LogP contribution in [0.15, 0.2) is 44.9 Å². The van der Waals surface area contributed by atoms with Gasteiger partial charge in [-0.2, -0.15) is 0 Å². The number of rotatable bonds is 7. The van der Waals surface area contributed by atoms with Gasteiger partial charge in [0.1, 0.15) is 17.8 Å². The number of ether oxygens (including phenoxy) is 1. The summed E-state index contributed by atoms with van der Waals surface area (Å²) < 4.78 is 10.5. The second-order valence-corrected chi connectivity index (χ2v) is 9.50. The maximum absolute atomic E-state index is 13.3. The minimum atomic E-state index is -1.01. The Bertz CT molecular complexity index is 1280. The summed E-state index contributed by atoms with van der Waals surface area (Å²) in [5.41, 5.74) is 2.16. The quantitative estimate of drug-likeness (QED) is 0.216. The number of carbonyl (C=O) groups excluding carboxylic acids is 3. The van der Waals surface area contributed by atoms with Gasteiger partial charge in [0.2, 0.25) is 5.91 Å². The Kier molecular flexibility index (Phi) is 7.26. The van der Waals surface area contributed by atoms with Gasteiger partial charge >= 0.3 is 11.6 Å². The lowest BCUT2D eigenvalue weighted by atomic mass is 9.92. The number of hydrogen-bond acceptors (Lipinski definition) is 7. The summed E-state index contributed by atoms with van der Waals surface area (Å²) in [5, 5.41) is 2.72. The molecule has 1 aromatic carbocycles. The number of esters is 1. The summed E-state index contributed by atoms with van der Waals surface area (Å²) in [5.74, 6) is -1.58. The molecule has 1 unspecified atom stereocenters. The number of nitrogens with zero attached hydrogens (tertiary/aromatic N) is 1. The summed E-state index contributed by atoms with van der Waals surface area (Å²) >= 11 is 1.54. The molecular weight excluding hydrogens is 454 g/mol. The van der Waals surface area contributed by atoms with Crippen LogP contribution in [-0.2, 0) is 19.1 Å². The van der Waals surface area contributed by atoms with Gasteiger partial charge in [0.15, 0.2) is 0 Å². The molecule has 0 radical (unpaired) electrons. The van der Waals surface area contributed by atoms with E-state index < -0.39 is 11.5 Å². The van der Waals surface area contributed by atoms with Crippen molar-refractivity contribution in [3.63, 3.8) is 0 Å². The van der Waals surface area contributed by atoms with E-state index in [0.717, 1.165) is 34.2 Å². The van der Waals surface area contributed by atoms with E-state index in [1.54, 1.807) is 41.4 Å². The van der Waals surface area contributed by atoms with Crippen LogP contribution in [0.5, 0.6) is 0 Å². The average Bonchev–Trinajstić information content (AvgIpc) is 3.24. The number of benzene rings is 1. The molecule has 0 spiro atoms. The smallest absolute Gasteiger partial charge is 0.336 e. The van der Waals surface area contributed by atoms with Gasteiger partial charge in [-0.15, -0.1) is 11.3 Å². The first-order valence-electron chi connectivity index (χ1n) is 11.4. The summed E-state index contributed by atoms with van der Waals surface area (Å²) in [6.07, 6.45) is 2.48. The fourth-order valence-corrected chi connectivity index (χ4v) is 5.53. The van der Waals surface area contributed by atoms with Crippen LogP contribution in [0.2, 0.25) is 0 Å². The Morgan fingerprint density at radius 2 is 2.12 bits per heavy atom. The van der Waals surface area contributed by atoms with Crippen LogP contribution in [0.4, 0.5) is 0 Å². The van der Waals surface area contributed by atoms with Crippen molar-refractivity contribution in [2.75, 3.05) is 19.7 Å². The van der Waals surface area contributed by atoms with Crippen molar-refractivity contribution in [1.82, 2.24) is 4.90 Å². The lowest BCUT2D eigenvalue weighted by molar-refractivity contribution is -0.146. The number of fused-ring (bicyclic) bond motifs is 1. The van der Waals surface area contributed by atoms with Gasteiger partial charge in [-0.3, -0.25) is 9.59 Å². The lowest BCUT2D eigenvalue weighted by Crippen LogP contribution is -2.43. The normalized spacial score (nSPS) is 16.9. The summed E-state index contributed by atoms with van der Waals surface area (Å²) in [7, 11) is 0. The van der Waals surface area contributed by atoms with Gasteiger partial charge in [-0.05, 0) is 61.2 Å². The van der Waals surface area contributed by atoms with Crippen LogP contribution < -0.4 is 5.63 Å². The fourth-order valence-electron chi connectivity index (χ4n) is 4.57. The van der Waals surface area contributed by atoms with Crippen LogP contribution in [0.1, 0.15) is 43.2 Å². The van der Waals surface area contributed by atoms with Crippen LogP contribution >= 0.6 is 11.3 Å². The molecule has 0 N–H and O–H groups in total. The highest BCUT2D eigenvalue weighted by Crippen LogP contribution is 2.35. The minimum absolute atomic E-state index is 0.00951. The molecule has 178 valence electrons. The number of hydrogen-bond donors (Lipinski definition) is 0. The van der Waals surface area contributed by atoms with Gasteiger partial charge < -0.3 is 18.8 Å². The van der Waals surface area contributed by atoms with Gasteiger partial charge in [0.05, 0.1) is 13.0 Å². The molecule has 7 nitrogen and oxygen atoms in total.